The Morgan fingerprint density at radius 3 is 2.59 bits per heavy atom. The topological polar surface area (TPSA) is 70.6 Å². The molecule has 5 heteroatoms. The van der Waals surface area contributed by atoms with Gasteiger partial charge >= 0.3 is 0 Å². The minimum absolute atomic E-state index is 0.143. The Kier molecular flexibility index (Phi) is 6.13. The van der Waals surface area contributed by atoms with E-state index in [1.54, 1.807) is 0 Å². The first-order valence-corrected chi connectivity index (χ1v) is 7.85. The van der Waals surface area contributed by atoms with Crippen LogP contribution in [0.3, 0.4) is 0 Å². The van der Waals surface area contributed by atoms with E-state index < -0.39 is 0 Å². The number of anilines is 1. The number of benzene rings is 1. The molecular weight excluding hydrogens is 278 g/mol. The zero-order chi connectivity index (χ0) is 15.8. The van der Waals surface area contributed by atoms with Gasteiger partial charge < -0.3 is 5.32 Å². The molecule has 118 valence electrons. The van der Waals surface area contributed by atoms with Crippen molar-refractivity contribution >= 4 is 23.2 Å². The molecular formula is C17H23N3O2. The van der Waals surface area contributed by atoms with Gasteiger partial charge in [-0.2, -0.15) is 5.10 Å². The first-order chi connectivity index (χ1) is 10.6. The van der Waals surface area contributed by atoms with Crippen LogP contribution in [0.15, 0.2) is 35.4 Å². The molecule has 0 aromatic heterocycles. The van der Waals surface area contributed by atoms with Gasteiger partial charge in [0.05, 0.1) is 0 Å². The summed E-state index contributed by atoms with van der Waals surface area (Å²) in [7, 11) is 0. The highest BCUT2D eigenvalue weighted by Crippen LogP contribution is 2.20. The molecule has 0 saturated heterocycles. The van der Waals surface area contributed by atoms with Crippen molar-refractivity contribution in [1.82, 2.24) is 5.43 Å². The standard InChI is InChI=1S/C17H23N3O2/c1-13-7-5-6-10-15(13)19-20-17(22)12-11-16(21)18-14-8-3-2-4-9-14/h2-4,8-9,13H,5-7,10-12H2,1H3,(H,18,21)(H,20,22). The fourth-order valence-electron chi connectivity index (χ4n) is 2.50. The predicted octanol–water partition coefficient (Wildman–Crippen LogP) is 3.09. The Morgan fingerprint density at radius 2 is 1.86 bits per heavy atom. The Balaban J connectivity index is 1.71. The second-order valence-corrected chi connectivity index (χ2v) is 5.70. The van der Waals surface area contributed by atoms with E-state index in [0.717, 1.165) is 30.7 Å². The van der Waals surface area contributed by atoms with E-state index in [0.29, 0.717) is 5.92 Å². The highest BCUT2D eigenvalue weighted by Gasteiger charge is 2.16. The maximum atomic E-state index is 11.8. The van der Waals surface area contributed by atoms with Gasteiger partial charge in [0, 0.05) is 24.2 Å². The van der Waals surface area contributed by atoms with E-state index in [4.69, 9.17) is 0 Å². The SMILES string of the molecule is CC1CCCCC1=NNC(=O)CCC(=O)Nc1ccccc1. The van der Waals surface area contributed by atoms with Crippen molar-refractivity contribution in [1.29, 1.82) is 0 Å². The summed E-state index contributed by atoms with van der Waals surface area (Å²) in [6.45, 7) is 2.14. The molecule has 2 amide bonds. The van der Waals surface area contributed by atoms with E-state index >= 15 is 0 Å². The lowest BCUT2D eigenvalue weighted by Crippen LogP contribution is -2.25. The van der Waals surface area contributed by atoms with Crippen LogP contribution in [0, 0.1) is 5.92 Å². The normalized spacial score (nSPS) is 19.7. The zero-order valence-corrected chi connectivity index (χ0v) is 13.0. The van der Waals surface area contributed by atoms with Crippen LogP contribution in [-0.4, -0.2) is 17.5 Å². The van der Waals surface area contributed by atoms with Crippen LogP contribution in [0.2, 0.25) is 0 Å². The number of hydrogen-bond acceptors (Lipinski definition) is 3. The molecule has 2 N–H and O–H groups in total. The van der Waals surface area contributed by atoms with Crippen LogP contribution >= 0.6 is 0 Å². The number of amides is 2. The Hall–Kier alpha value is -2.17. The Morgan fingerprint density at radius 1 is 1.14 bits per heavy atom. The Labute approximate surface area is 131 Å². The minimum atomic E-state index is -0.214. The van der Waals surface area contributed by atoms with E-state index in [1.807, 2.05) is 30.3 Å². The third-order valence-corrected chi connectivity index (χ3v) is 3.85. The summed E-state index contributed by atoms with van der Waals surface area (Å²) < 4.78 is 0. The summed E-state index contributed by atoms with van der Waals surface area (Å²) in [4.78, 5) is 23.5. The van der Waals surface area contributed by atoms with E-state index in [9.17, 15) is 9.59 Å². The van der Waals surface area contributed by atoms with Crippen LogP contribution < -0.4 is 10.7 Å². The Bertz CT molecular complexity index is 540. The highest BCUT2D eigenvalue weighted by molar-refractivity contribution is 5.93. The summed E-state index contributed by atoms with van der Waals surface area (Å²) in [5.74, 6) is 0.0592. The van der Waals surface area contributed by atoms with Gasteiger partial charge in [0.25, 0.3) is 0 Å². The van der Waals surface area contributed by atoms with E-state index in [1.165, 1.54) is 6.42 Å². The molecule has 1 aromatic rings. The molecule has 1 aliphatic carbocycles. The monoisotopic (exact) mass is 301 g/mol. The summed E-state index contributed by atoms with van der Waals surface area (Å²) in [5, 5.41) is 6.97. The number of hydrogen-bond donors (Lipinski definition) is 2. The van der Waals surface area contributed by atoms with Crippen molar-refractivity contribution in [3.8, 4) is 0 Å². The highest BCUT2D eigenvalue weighted by atomic mass is 16.2. The van der Waals surface area contributed by atoms with E-state index in [2.05, 4.69) is 22.8 Å². The summed E-state index contributed by atoms with van der Waals surface area (Å²) in [6, 6.07) is 9.21. The summed E-state index contributed by atoms with van der Waals surface area (Å²) in [5.41, 5.74) is 4.37. The molecule has 0 aliphatic heterocycles. The second kappa shape index (κ2) is 8.32. The second-order valence-electron chi connectivity index (χ2n) is 5.70. The number of carbonyl (C=O) groups is 2. The number of nitrogens with zero attached hydrogens (tertiary/aromatic N) is 1. The van der Waals surface area contributed by atoms with Gasteiger partial charge in [-0.05, 0) is 37.3 Å². The quantitative estimate of drug-likeness (QED) is 0.820. The third-order valence-electron chi connectivity index (χ3n) is 3.85. The largest absolute Gasteiger partial charge is 0.326 e. The number of para-hydroxylation sites is 1. The van der Waals surface area contributed by atoms with Gasteiger partial charge in [-0.15, -0.1) is 0 Å². The van der Waals surface area contributed by atoms with Crippen molar-refractivity contribution in [3.63, 3.8) is 0 Å². The molecule has 2 rings (SSSR count). The molecule has 1 aliphatic rings. The molecule has 1 atom stereocenters. The van der Waals surface area contributed by atoms with Crippen molar-refractivity contribution in [2.75, 3.05) is 5.32 Å². The molecule has 5 nitrogen and oxygen atoms in total. The predicted molar refractivity (Wildman–Crippen MR) is 87.5 cm³/mol. The van der Waals surface area contributed by atoms with E-state index in [-0.39, 0.29) is 24.7 Å². The fraction of sp³-hybridized carbons (Fsp3) is 0.471. The average Bonchev–Trinajstić information content (AvgIpc) is 2.53. The number of rotatable bonds is 5. The zero-order valence-electron chi connectivity index (χ0n) is 13.0. The lowest BCUT2D eigenvalue weighted by Gasteiger charge is -2.19. The van der Waals surface area contributed by atoms with Crippen LogP contribution in [-0.2, 0) is 9.59 Å². The molecule has 0 spiro atoms. The van der Waals surface area contributed by atoms with Crippen LogP contribution in [0.25, 0.3) is 0 Å². The van der Waals surface area contributed by atoms with Crippen molar-refractivity contribution < 1.29 is 9.59 Å². The third kappa shape index (κ3) is 5.31. The first-order valence-electron chi connectivity index (χ1n) is 7.85. The van der Waals surface area contributed by atoms with Crippen LogP contribution in [0.4, 0.5) is 5.69 Å². The lowest BCUT2D eigenvalue weighted by molar-refractivity contribution is -0.124. The fourth-order valence-corrected chi connectivity index (χ4v) is 2.50. The average molecular weight is 301 g/mol. The van der Waals surface area contributed by atoms with Crippen molar-refractivity contribution in [2.45, 2.75) is 45.4 Å². The number of nitrogens with one attached hydrogen (secondary N) is 2. The number of carbonyl (C=O) groups excluding carboxylic acids is 2. The smallest absolute Gasteiger partial charge is 0.240 e. The van der Waals surface area contributed by atoms with Gasteiger partial charge in [-0.25, -0.2) is 5.43 Å². The molecule has 0 bridgehead atoms. The number of hydrazone groups is 1. The van der Waals surface area contributed by atoms with Gasteiger partial charge in [0.1, 0.15) is 0 Å². The minimum Gasteiger partial charge on any atom is -0.326 e. The first kappa shape index (κ1) is 16.2. The van der Waals surface area contributed by atoms with Crippen LogP contribution in [0.1, 0.15) is 45.4 Å². The summed E-state index contributed by atoms with van der Waals surface area (Å²) in [6.07, 6.45) is 4.75. The molecule has 0 heterocycles. The van der Waals surface area contributed by atoms with Gasteiger partial charge in [-0.3, -0.25) is 9.59 Å². The lowest BCUT2D eigenvalue weighted by atomic mass is 9.89. The van der Waals surface area contributed by atoms with Crippen LogP contribution in [0.5, 0.6) is 0 Å². The molecule has 1 fully saturated rings. The molecule has 1 aromatic carbocycles. The van der Waals surface area contributed by atoms with Gasteiger partial charge in [0.2, 0.25) is 11.8 Å². The molecule has 0 radical (unpaired) electrons. The molecule has 22 heavy (non-hydrogen) atoms. The van der Waals surface area contributed by atoms with Crippen molar-refractivity contribution in [3.05, 3.63) is 30.3 Å². The summed E-state index contributed by atoms with van der Waals surface area (Å²) >= 11 is 0. The van der Waals surface area contributed by atoms with Gasteiger partial charge in [0.15, 0.2) is 0 Å². The maximum Gasteiger partial charge on any atom is 0.240 e. The molecule has 1 saturated carbocycles. The molecule has 1 unspecified atom stereocenters. The van der Waals surface area contributed by atoms with Crippen molar-refractivity contribution in [2.24, 2.45) is 11.0 Å². The van der Waals surface area contributed by atoms with Gasteiger partial charge in [-0.1, -0.05) is 31.5 Å². The maximum absolute atomic E-state index is 11.8.